The highest BCUT2D eigenvalue weighted by atomic mass is 19.1. The van der Waals surface area contributed by atoms with E-state index in [-0.39, 0.29) is 17.6 Å². The van der Waals surface area contributed by atoms with Crippen LogP contribution in [-0.2, 0) is 16.0 Å². The predicted octanol–water partition coefficient (Wildman–Crippen LogP) is 1.77. The van der Waals surface area contributed by atoms with Crippen molar-refractivity contribution in [2.45, 2.75) is 39.5 Å². The summed E-state index contributed by atoms with van der Waals surface area (Å²) in [6.07, 6.45) is 2.24. The van der Waals surface area contributed by atoms with Crippen molar-refractivity contribution in [3.05, 3.63) is 35.1 Å². The first-order chi connectivity index (χ1) is 12.5. The van der Waals surface area contributed by atoms with E-state index in [4.69, 9.17) is 0 Å². The second-order valence-corrected chi connectivity index (χ2v) is 6.30. The van der Waals surface area contributed by atoms with Gasteiger partial charge in [-0.2, -0.15) is 0 Å². The Labute approximate surface area is 153 Å². The Kier molecular flexibility index (Phi) is 7.56. The monoisotopic (exact) mass is 362 g/mol. The van der Waals surface area contributed by atoms with Gasteiger partial charge in [0, 0.05) is 39.0 Å². The second-order valence-electron chi connectivity index (χ2n) is 6.30. The van der Waals surface area contributed by atoms with Gasteiger partial charge in [0.15, 0.2) is 5.96 Å². The molecule has 1 saturated heterocycles. The van der Waals surface area contributed by atoms with Crippen LogP contribution in [0.2, 0.25) is 0 Å². The maximum absolute atomic E-state index is 13.1. The van der Waals surface area contributed by atoms with Crippen molar-refractivity contribution in [3.8, 4) is 0 Å². The molecule has 0 aromatic heterocycles. The number of guanidine groups is 1. The molecule has 1 aliphatic rings. The van der Waals surface area contributed by atoms with Crippen LogP contribution in [0.3, 0.4) is 0 Å². The SMILES string of the molecule is CCNC(=NCCc1ccc(F)cc1C)NCCN1C(=O)CCCC1=O. The number of carbonyl (C=O) groups excluding carboxylic acids is 2. The molecule has 6 nitrogen and oxygen atoms in total. The van der Waals surface area contributed by atoms with Crippen molar-refractivity contribution in [1.29, 1.82) is 0 Å². The van der Waals surface area contributed by atoms with Crippen LogP contribution in [0.15, 0.2) is 23.2 Å². The molecule has 1 fully saturated rings. The van der Waals surface area contributed by atoms with Crippen molar-refractivity contribution in [1.82, 2.24) is 15.5 Å². The number of rotatable bonds is 7. The Morgan fingerprint density at radius 1 is 1.23 bits per heavy atom. The van der Waals surface area contributed by atoms with Crippen molar-refractivity contribution < 1.29 is 14.0 Å². The van der Waals surface area contributed by atoms with Crippen LogP contribution in [0.4, 0.5) is 4.39 Å². The van der Waals surface area contributed by atoms with Crippen molar-refractivity contribution in [2.75, 3.05) is 26.2 Å². The molecule has 1 aromatic carbocycles. The third-order valence-electron chi connectivity index (χ3n) is 4.31. The summed E-state index contributed by atoms with van der Waals surface area (Å²) in [5, 5.41) is 6.30. The van der Waals surface area contributed by atoms with Gasteiger partial charge in [0.25, 0.3) is 0 Å². The summed E-state index contributed by atoms with van der Waals surface area (Å²) < 4.78 is 13.1. The van der Waals surface area contributed by atoms with E-state index in [1.807, 2.05) is 13.8 Å². The first-order valence-corrected chi connectivity index (χ1v) is 9.11. The summed E-state index contributed by atoms with van der Waals surface area (Å²) in [4.78, 5) is 29.4. The number of likely N-dealkylation sites (tertiary alicyclic amines) is 1. The molecule has 1 aromatic rings. The number of nitrogens with one attached hydrogen (secondary N) is 2. The minimum Gasteiger partial charge on any atom is -0.357 e. The molecule has 142 valence electrons. The van der Waals surface area contributed by atoms with E-state index in [1.165, 1.54) is 17.0 Å². The van der Waals surface area contributed by atoms with Crippen LogP contribution in [-0.4, -0.2) is 48.9 Å². The Balaban J connectivity index is 1.84. The van der Waals surface area contributed by atoms with Crippen LogP contribution >= 0.6 is 0 Å². The highest BCUT2D eigenvalue weighted by Crippen LogP contribution is 2.12. The van der Waals surface area contributed by atoms with E-state index >= 15 is 0 Å². The van der Waals surface area contributed by atoms with Crippen LogP contribution in [0.1, 0.15) is 37.3 Å². The smallest absolute Gasteiger partial charge is 0.229 e. The average Bonchev–Trinajstić information content (AvgIpc) is 2.59. The third-order valence-corrected chi connectivity index (χ3v) is 4.31. The van der Waals surface area contributed by atoms with Gasteiger partial charge in [-0.25, -0.2) is 4.39 Å². The number of nitrogens with zero attached hydrogens (tertiary/aromatic N) is 2. The molecule has 0 unspecified atom stereocenters. The lowest BCUT2D eigenvalue weighted by Gasteiger charge is -2.25. The van der Waals surface area contributed by atoms with Gasteiger partial charge in [-0.15, -0.1) is 0 Å². The Bertz CT molecular complexity index is 660. The van der Waals surface area contributed by atoms with E-state index in [0.29, 0.717) is 57.8 Å². The molecule has 7 heteroatoms. The first-order valence-electron chi connectivity index (χ1n) is 9.11. The predicted molar refractivity (Wildman–Crippen MR) is 99.4 cm³/mol. The van der Waals surface area contributed by atoms with Crippen LogP contribution in [0.25, 0.3) is 0 Å². The van der Waals surface area contributed by atoms with Gasteiger partial charge in [-0.3, -0.25) is 19.5 Å². The van der Waals surface area contributed by atoms with Crippen molar-refractivity contribution >= 4 is 17.8 Å². The van der Waals surface area contributed by atoms with Crippen LogP contribution in [0, 0.1) is 12.7 Å². The molecule has 0 radical (unpaired) electrons. The summed E-state index contributed by atoms with van der Waals surface area (Å²) in [6.45, 7) is 5.93. The number of halogens is 1. The lowest BCUT2D eigenvalue weighted by atomic mass is 10.1. The minimum atomic E-state index is -0.230. The Morgan fingerprint density at radius 2 is 1.96 bits per heavy atom. The number of aliphatic imine (C=N–C) groups is 1. The van der Waals surface area contributed by atoms with E-state index < -0.39 is 0 Å². The van der Waals surface area contributed by atoms with Crippen LogP contribution in [0.5, 0.6) is 0 Å². The zero-order valence-corrected chi connectivity index (χ0v) is 15.5. The van der Waals surface area contributed by atoms with Crippen LogP contribution < -0.4 is 10.6 Å². The fourth-order valence-corrected chi connectivity index (χ4v) is 2.91. The number of benzene rings is 1. The van der Waals surface area contributed by atoms with E-state index in [2.05, 4.69) is 15.6 Å². The molecule has 2 rings (SSSR count). The quantitative estimate of drug-likeness (QED) is 0.440. The highest BCUT2D eigenvalue weighted by molar-refractivity contribution is 5.97. The molecule has 1 aliphatic heterocycles. The van der Waals surface area contributed by atoms with Gasteiger partial charge in [0.05, 0.1) is 0 Å². The maximum atomic E-state index is 13.1. The summed E-state index contributed by atoms with van der Waals surface area (Å²) in [6, 6.07) is 4.77. The Hall–Kier alpha value is -2.44. The number of imide groups is 1. The summed E-state index contributed by atoms with van der Waals surface area (Å²) >= 11 is 0. The molecule has 26 heavy (non-hydrogen) atoms. The number of hydrogen-bond acceptors (Lipinski definition) is 3. The number of aryl methyl sites for hydroxylation is 1. The summed E-state index contributed by atoms with van der Waals surface area (Å²) in [7, 11) is 0. The first kappa shape index (κ1) is 19.9. The van der Waals surface area contributed by atoms with Crippen molar-refractivity contribution in [3.63, 3.8) is 0 Å². The van der Waals surface area contributed by atoms with E-state index in [9.17, 15) is 14.0 Å². The van der Waals surface area contributed by atoms with E-state index in [1.54, 1.807) is 6.07 Å². The molecule has 0 saturated carbocycles. The Morgan fingerprint density at radius 3 is 2.62 bits per heavy atom. The average molecular weight is 362 g/mol. The summed E-state index contributed by atoms with van der Waals surface area (Å²) in [5.74, 6) is 0.212. The molecule has 0 spiro atoms. The molecule has 0 aliphatic carbocycles. The minimum absolute atomic E-state index is 0.100. The van der Waals surface area contributed by atoms with Gasteiger partial charge in [0.1, 0.15) is 5.82 Å². The molecular weight excluding hydrogens is 335 g/mol. The second kappa shape index (κ2) is 9.89. The third kappa shape index (κ3) is 5.82. The topological polar surface area (TPSA) is 73.8 Å². The maximum Gasteiger partial charge on any atom is 0.229 e. The van der Waals surface area contributed by atoms with Gasteiger partial charge in [0.2, 0.25) is 11.8 Å². The normalized spacial score (nSPS) is 15.3. The fourth-order valence-electron chi connectivity index (χ4n) is 2.91. The lowest BCUT2D eigenvalue weighted by Crippen LogP contribution is -2.46. The molecule has 0 atom stereocenters. The van der Waals surface area contributed by atoms with Crippen molar-refractivity contribution in [2.24, 2.45) is 4.99 Å². The van der Waals surface area contributed by atoms with E-state index in [0.717, 1.165) is 11.1 Å². The summed E-state index contributed by atoms with van der Waals surface area (Å²) in [5.41, 5.74) is 1.98. The number of carbonyl (C=O) groups is 2. The largest absolute Gasteiger partial charge is 0.357 e. The number of piperidine rings is 1. The van der Waals surface area contributed by atoms with Gasteiger partial charge in [-0.05, 0) is 49.9 Å². The van der Waals surface area contributed by atoms with Gasteiger partial charge < -0.3 is 10.6 Å². The molecule has 1 heterocycles. The number of hydrogen-bond donors (Lipinski definition) is 2. The molecule has 0 bridgehead atoms. The molecule has 2 amide bonds. The fraction of sp³-hybridized carbons (Fsp3) is 0.526. The molecular formula is C19H27FN4O2. The standard InChI is InChI=1S/C19H27FN4O2/c1-3-21-19(22-10-9-15-7-8-16(20)13-14(15)2)23-11-12-24-17(25)5-4-6-18(24)26/h7-8,13H,3-6,9-12H2,1-2H3,(H2,21,22,23). The highest BCUT2D eigenvalue weighted by Gasteiger charge is 2.25. The zero-order valence-electron chi connectivity index (χ0n) is 15.5. The zero-order chi connectivity index (χ0) is 18.9. The van der Waals surface area contributed by atoms with Gasteiger partial charge in [-0.1, -0.05) is 6.07 Å². The molecule has 2 N–H and O–H groups in total. The number of amides is 2. The lowest BCUT2D eigenvalue weighted by molar-refractivity contribution is -0.147. The van der Waals surface area contributed by atoms with Gasteiger partial charge >= 0.3 is 0 Å².